The quantitative estimate of drug-likeness (QED) is 0.718. The van der Waals surface area contributed by atoms with Gasteiger partial charge in [0.15, 0.2) is 0 Å². The van der Waals surface area contributed by atoms with Crippen molar-refractivity contribution >= 4 is 17.7 Å². The summed E-state index contributed by atoms with van der Waals surface area (Å²) in [5.41, 5.74) is -3.27. The number of fused-ring (bicyclic) bond motifs is 1. The lowest BCUT2D eigenvalue weighted by atomic mass is 9.84. The molecule has 0 aromatic heterocycles. The maximum atomic E-state index is 13.6. The third kappa shape index (κ3) is 3.46. The van der Waals surface area contributed by atoms with Crippen molar-refractivity contribution in [2.75, 3.05) is 13.2 Å². The SMILES string of the molecule is CCOC(=O)C1=C(C(=O)OCC)C2(Oc3ccccc3C2=O)C(C#N)=C1NC(C)(C)C. The van der Waals surface area contributed by atoms with Crippen molar-refractivity contribution in [1.29, 1.82) is 5.26 Å². The fraction of sp³-hybridized carbons (Fsp3) is 0.391. The largest absolute Gasteiger partial charge is 0.468 e. The number of ether oxygens (including phenoxy) is 3. The van der Waals surface area contributed by atoms with E-state index in [1.54, 1.807) is 38.1 Å². The Bertz CT molecular complexity index is 1070. The summed E-state index contributed by atoms with van der Waals surface area (Å²) >= 11 is 0. The number of para-hydroxylation sites is 1. The van der Waals surface area contributed by atoms with Gasteiger partial charge in [-0.15, -0.1) is 0 Å². The standard InChI is InChI=1S/C23H24N2O6/c1-6-29-20(27)16-17(21(28)30-7-2)23(14(12-24)18(16)25-22(3,4)5)19(26)13-10-8-9-11-15(13)31-23/h8-11,25H,6-7H2,1-5H3. The van der Waals surface area contributed by atoms with E-state index >= 15 is 0 Å². The Hall–Kier alpha value is -3.60. The normalized spacial score (nSPS) is 19.8. The van der Waals surface area contributed by atoms with E-state index in [1.165, 1.54) is 0 Å². The third-order valence-electron chi connectivity index (χ3n) is 4.74. The predicted octanol–water partition coefficient (Wildman–Crippen LogP) is 2.60. The van der Waals surface area contributed by atoms with Crippen LogP contribution in [-0.2, 0) is 19.1 Å². The van der Waals surface area contributed by atoms with E-state index in [1.807, 2.05) is 26.8 Å². The van der Waals surface area contributed by atoms with Gasteiger partial charge in [-0.05, 0) is 46.8 Å². The lowest BCUT2D eigenvalue weighted by molar-refractivity contribution is -0.142. The molecule has 1 N–H and O–H groups in total. The lowest BCUT2D eigenvalue weighted by Gasteiger charge is -2.26. The Labute approximate surface area is 180 Å². The minimum atomic E-state index is -2.12. The van der Waals surface area contributed by atoms with Crippen LogP contribution in [0.4, 0.5) is 0 Å². The fourth-order valence-electron chi connectivity index (χ4n) is 3.69. The molecule has 1 spiro atoms. The number of benzene rings is 1. The number of carbonyl (C=O) groups excluding carboxylic acids is 3. The maximum Gasteiger partial charge on any atom is 0.341 e. The number of nitrogens with one attached hydrogen (secondary N) is 1. The Morgan fingerprint density at radius 2 is 1.74 bits per heavy atom. The first-order valence-corrected chi connectivity index (χ1v) is 9.97. The van der Waals surface area contributed by atoms with E-state index in [0.717, 1.165) is 0 Å². The first-order valence-electron chi connectivity index (χ1n) is 9.97. The highest BCUT2D eigenvalue weighted by atomic mass is 16.5. The molecule has 1 aromatic carbocycles. The third-order valence-corrected chi connectivity index (χ3v) is 4.74. The van der Waals surface area contributed by atoms with Crippen LogP contribution in [0.5, 0.6) is 5.75 Å². The molecule has 1 aliphatic heterocycles. The summed E-state index contributed by atoms with van der Waals surface area (Å²) in [5.74, 6) is -2.18. The number of esters is 2. The number of Topliss-reactive ketones (excluding diaryl/α,β-unsaturated/α-hetero) is 1. The molecule has 0 radical (unpaired) electrons. The van der Waals surface area contributed by atoms with Crippen LogP contribution in [0.25, 0.3) is 0 Å². The molecular formula is C23H24N2O6. The monoisotopic (exact) mass is 424 g/mol. The summed E-state index contributed by atoms with van der Waals surface area (Å²) in [6.45, 7) is 8.70. The van der Waals surface area contributed by atoms with Crippen molar-refractivity contribution < 1.29 is 28.6 Å². The number of ketones is 1. The van der Waals surface area contributed by atoms with E-state index in [-0.39, 0.29) is 46.9 Å². The highest BCUT2D eigenvalue weighted by Crippen LogP contribution is 2.50. The summed E-state index contributed by atoms with van der Waals surface area (Å²) in [7, 11) is 0. The van der Waals surface area contributed by atoms with Crippen molar-refractivity contribution in [3.05, 3.63) is 52.2 Å². The zero-order chi connectivity index (χ0) is 23.0. The molecule has 8 heteroatoms. The number of nitriles is 1. The molecule has 0 bridgehead atoms. The molecule has 2 aliphatic rings. The maximum absolute atomic E-state index is 13.6. The van der Waals surface area contributed by atoms with Crippen molar-refractivity contribution in [3.63, 3.8) is 0 Å². The van der Waals surface area contributed by atoms with E-state index in [9.17, 15) is 19.6 Å². The van der Waals surface area contributed by atoms with Crippen molar-refractivity contribution in [2.45, 2.75) is 45.8 Å². The smallest absolute Gasteiger partial charge is 0.341 e. The molecule has 1 heterocycles. The molecule has 0 amide bonds. The van der Waals surface area contributed by atoms with Gasteiger partial charge in [0.1, 0.15) is 23.0 Å². The zero-order valence-corrected chi connectivity index (χ0v) is 18.1. The van der Waals surface area contributed by atoms with Crippen LogP contribution in [0.3, 0.4) is 0 Å². The molecule has 3 rings (SSSR count). The van der Waals surface area contributed by atoms with Crippen LogP contribution in [-0.4, -0.2) is 42.1 Å². The van der Waals surface area contributed by atoms with Gasteiger partial charge < -0.3 is 19.5 Å². The van der Waals surface area contributed by atoms with E-state index in [0.29, 0.717) is 0 Å². The fourth-order valence-corrected chi connectivity index (χ4v) is 3.69. The molecule has 0 saturated carbocycles. The topological polar surface area (TPSA) is 115 Å². The van der Waals surface area contributed by atoms with Crippen LogP contribution >= 0.6 is 0 Å². The molecule has 8 nitrogen and oxygen atoms in total. The Morgan fingerprint density at radius 1 is 1.13 bits per heavy atom. The number of rotatable bonds is 5. The van der Waals surface area contributed by atoms with Gasteiger partial charge in [0, 0.05) is 5.54 Å². The summed E-state index contributed by atoms with van der Waals surface area (Å²) in [5, 5.41) is 13.2. The Morgan fingerprint density at radius 3 is 2.29 bits per heavy atom. The highest BCUT2D eigenvalue weighted by Gasteiger charge is 2.63. The van der Waals surface area contributed by atoms with Gasteiger partial charge >= 0.3 is 11.9 Å². The van der Waals surface area contributed by atoms with Crippen LogP contribution in [0.15, 0.2) is 46.7 Å². The molecule has 0 saturated heterocycles. The van der Waals surface area contributed by atoms with Gasteiger partial charge in [0.2, 0.25) is 11.4 Å². The minimum Gasteiger partial charge on any atom is -0.468 e. The first-order chi connectivity index (χ1) is 14.6. The second-order valence-electron chi connectivity index (χ2n) is 8.04. The molecule has 31 heavy (non-hydrogen) atoms. The van der Waals surface area contributed by atoms with Crippen LogP contribution in [0.1, 0.15) is 45.0 Å². The van der Waals surface area contributed by atoms with Crippen LogP contribution in [0.2, 0.25) is 0 Å². The Balaban J connectivity index is 2.39. The van der Waals surface area contributed by atoms with Gasteiger partial charge in [0.25, 0.3) is 0 Å². The number of hydrogen-bond donors (Lipinski definition) is 1. The molecule has 162 valence electrons. The zero-order valence-electron chi connectivity index (χ0n) is 18.1. The summed E-state index contributed by atoms with van der Waals surface area (Å²) < 4.78 is 16.4. The van der Waals surface area contributed by atoms with E-state index in [4.69, 9.17) is 14.2 Å². The van der Waals surface area contributed by atoms with Crippen molar-refractivity contribution in [2.24, 2.45) is 0 Å². The van der Waals surface area contributed by atoms with Crippen molar-refractivity contribution in [3.8, 4) is 11.8 Å². The summed E-state index contributed by atoms with van der Waals surface area (Å²) in [6.07, 6.45) is 0. The lowest BCUT2D eigenvalue weighted by Crippen LogP contribution is -2.46. The molecule has 1 aromatic rings. The van der Waals surface area contributed by atoms with Gasteiger partial charge in [0.05, 0.1) is 30.0 Å². The van der Waals surface area contributed by atoms with Crippen LogP contribution in [0, 0.1) is 11.3 Å². The molecule has 1 aliphatic carbocycles. The van der Waals surface area contributed by atoms with E-state index < -0.39 is 28.9 Å². The first kappa shape index (κ1) is 22.1. The van der Waals surface area contributed by atoms with Gasteiger partial charge in [-0.3, -0.25) is 4.79 Å². The number of hydrogen-bond acceptors (Lipinski definition) is 8. The average Bonchev–Trinajstić information content (AvgIpc) is 3.13. The average molecular weight is 424 g/mol. The minimum absolute atomic E-state index is 0.000419. The molecule has 1 atom stereocenters. The molecule has 1 unspecified atom stereocenters. The highest BCUT2D eigenvalue weighted by molar-refractivity contribution is 6.22. The second kappa shape index (κ2) is 7.91. The number of carbonyl (C=O) groups is 3. The summed E-state index contributed by atoms with van der Waals surface area (Å²) in [6, 6.07) is 8.44. The number of nitrogens with zero attached hydrogens (tertiary/aromatic N) is 1. The van der Waals surface area contributed by atoms with Gasteiger partial charge in [-0.2, -0.15) is 5.26 Å². The van der Waals surface area contributed by atoms with Gasteiger partial charge in [-0.25, -0.2) is 9.59 Å². The second-order valence-corrected chi connectivity index (χ2v) is 8.04. The van der Waals surface area contributed by atoms with E-state index in [2.05, 4.69) is 5.32 Å². The molecular weight excluding hydrogens is 400 g/mol. The predicted molar refractivity (Wildman–Crippen MR) is 110 cm³/mol. The molecule has 0 fully saturated rings. The summed E-state index contributed by atoms with van der Waals surface area (Å²) in [4.78, 5) is 39.7. The Kier molecular flexibility index (Phi) is 5.64. The van der Waals surface area contributed by atoms with Crippen molar-refractivity contribution in [1.82, 2.24) is 5.32 Å². The van der Waals surface area contributed by atoms with Crippen LogP contribution < -0.4 is 10.1 Å². The van der Waals surface area contributed by atoms with Gasteiger partial charge in [-0.1, -0.05) is 12.1 Å².